The summed E-state index contributed by atoms with van der Waals surface area (Å²) in [6.07, 6.45) is 0. The van der Waals surface area contributed by atoms with E-state index in [2.05, 4.69) is 15.6 Å². The van der Waals surface area contributed by atoms with E-state index in [-0.39, 0.29) is 12.5 Å². The van der Waals surface area contributed by atoms with Crippen molar-refractivity contribution in [3.05, 3.63) is 59.7 Å². The molecule has 0 aliphatic rings. The van der Waals surface area contributed by atoms with Crippen LogP contribution in [0.1, 0.15) is 18.1 Å². The van der Waals surface area contributed by atoms with Gasteiger partial charge in [0.1, 0.15) is 5.75 Å². The molecular weight excluding hydrogens is 316 g/mol. The SMILES string of the molecule is CCNC(=O)COc1cccc(CN=C(N)Nc2ccc(C)cc2)c1. The second-order valence-corrected chi connectivity index (χ2v) is 5.58. The van der Waals surface area contributed by atoms with Crippen LogP contribution in [0.15, 0.2) is 53.5 Å². The van der Waals surface area contributed by atoms with Crippen molar-refractivity contribution < 1.29 is 9.53 Å². The fourth-order valence-corrected chi connectivity index (χ4v) is 2.13. The van der Waals surface area contributed by atoms with Gasteiger partial charge in [-0.25, -0.2) is 4.99 Å². The summed E-state index contributed by atoms with van der Waals surface area (Å²) in [6.45, 7) is 4.90. The molecule has 0 radical (unpaired) electrons. The summed E-state index contributed by atoms with van der Waals surface area (Å²) in [5.74, 6) is 0.832. The zero-order valence-corrected chi connectivity index (χ0v) is 14.6. The quantitative estimate of drug-likeness (QED) is 0.533. The molecule has 0 saturated carbocycles. The summed E-state index contributed by atoms with van der Waals surface area (Å²) < 4.78 is 5.47. The predicted octanol–water partition coefficient (Wildman–Crippen LogP) is 2.44. The molecule has 132 valence electrons. The van der Waals surface area contributed by atoms with E-state index in [0.717, 1.165) is 11.3 Å². The lowest BCUT2D eigenvalue weighted by Crippen LogP contribution is -2.28. The standard InChI is InChI=1S/C19H24N4O2/c1-3-21-18(24)13-25-17-6-4-5-15(11-17)12-22-19(20)23-16-9-7-14(2)8-10-16/h4-11H,3,12-13H2,1-2H3,(H,21,24)(H3,20,22,23). The fraction of sp³-hybridized carbons (Fsp3) is 0.263. The molecule has 2 aromatic carbocycles. The van der Waals surface area contributed by atoms with Gasteiger partial charge in [-0.15, -0.1) is 0 Å². The molecule has 0 atom stereocenters. The smallest absolute Gasteiger partial charge is 0.257 e. The van der Waals surface area contributed by atoms with Crippen LogP contribution in [0.3, 0.4) is 0 Å². The van der Waals surface area contributed by atoms with E-state index in [4.69, 9.17) is 10.5 Å². The van der Waals surface area contributed by atoms with Crippen molar-refractivity contribution in [1.82, 2.24) is 5.32 Å². The highest BCUT2D eigenvalue weighted by atomic mass is 16.5. The van der Waals surface area contributed by atoms with Crippen molar-refractivity contribution in [2.75, 3.05) is 18.5 Å². The van der Waals surface area contributed by atoms with Gasteiger partial charge in [-0.1, -0.05) is 29.8 Å². The number of nitrogens with two attached hydrogens (primary N) is 1. The Morgan fingerprint density at radius 2 is 1.96 bits per heavy atom. The average Bonchev–Trinajstić information content (AvgIpc) is 2.61. The molecule has 2 rings (SSSR count). The Bertz CT molecular complexity index is 726. The third-order valence-corrected chi connectivity index (χ3v) is 3.40. The molecular formula is C19H24N4O2. The number of amides is 1. The number of nitrogens with zero attached hydrogens (tertiary/aromatic N) is 1. The van der Waals surface area contributed by atoms with E-state index in [1.54, 1.807) is 6.07 Å². The molecule has 0 fully saturated rings. The number of aryl methyl sites for hydroxylation is 1. The Morgan fingerprint density at radius 1 is 1.20 bits per heavy atom. The molecule has 0 unspecified atom stereocenters. The monoisotopic (exact) mass is 340 g/mol. The molecule has 2 aromatic rings. The van der Waals surface area contributed by atoms with Crippen molar-refractivity contribution in [1.29, 1.82) is 0 Å². The first-order chi connectivity index (χ1) is 12.1. The Balaban J connectivity index is 1.90. The van der Waals surface area contributed by atoms with E-state index in [1.807, 2.05) is 56.3 Å². The van der Waals surface area contributed by atoms with Crippen LogP contribution in [0.25, 0.3) is 0 Å². The molecule has 4 N–H and O–H groups in total. The molecule has 0 heterocycles. The molecule has 0 aliphatic heterocycles. The Kier molecular flexibility index (Phi) is 6.83. The van der Waals surface area contributed by atoms with Crippen LogP contribution in [-0.4, -0.2) is 25.0 Å². The van der Waals surface area contributed by atoms with Crippen molar-refractivity contribution in [3.8, 4) is 5.75 Å². The number of nitrogens with one attached hydrogen (secondary N) is 2. The van der Waals surface area contributed by atoms with Crippen LogP contribution < -0.4 is 21.1 Å². The van der Waals surface area contributed by atoms with Crippen molar-refractivity contribution in [3.63, 3.8) is 0 Å². The zero-order chi connectivity index (χ0) is 18.1. The first-order valence-corrected chi connectivity index (χ1v) is 8.19. The normalized spacial score (nSPS) is 11.0. The highest BCUT2D eigenvalue weighted by Crippen LogP contribution is 2.14. The Labute approximate surface area is 148 Å². The summed E-state index contributed by atoms with van der Waals surface area (Å²) in [5, 5.41) is 5.74. The number of carbonyl (C=O) groups is 1. The minimum atomic E-state index is -0.141. The van der Waals surface area contributed by atoms with E-state index in [9.17, 15) is 4.79 Å². The van der Waals surface area contributed by atoms with Crippen LogP contribution in [0, 0.1) is 6.92 Å². The van der Waals surface area contributed by atoms with Gasteiger partial charge < -0.3 is 21.1 Å². The molecule has 6 nitrogen and oxygen atoms in total. The van der Waals surface area contributed by atoms with E-state index < -0.39 is 0 Å². The molecule has 25 heavy (non-hydrogen) atoms. The minimum Gasteiger partial charge on any atom is -0.484 e. The number of aliphatic imine (C=N–C) groups is 1. The molecule has 6 heteroatoms. The molecule has 0 saturated heterocycles. The number of hydrogen-bond donors (Lipinski definition) is 3. The average molecular weight is 340 g/mol. The number of likely N-dealkylation sites (N-methyl/N-ethyl adjacent to an activating group) is 1. The van der Waals surface area contributed by atoms with Gasteiger partial charge in [0.15, 0.2) is 12.6 Å². The lowest BCUT2D eigenvalue weighted by molar-refractivity contribution is -0.122. The van der Waals surface area contributed by atoms with Crippen LogP contribution in [0.4, 0.5) is 5.69 Å². The minimum absolute atomic E-state index is 0.00230. The number of guanidine groups is 1. The maximum Gasteiger partial charge on any atom is 0.257 e. The van der Waals surface area contributed by atoms with E-state index in [0.29, 0.717) is 24.8 Å². The number of ether oxygens (including phenoxy) is 1. The Morgan fingerprint density at radius 3 is 2.68 bits per heavy atom. The second-order valence-electron chi connectivity index (χ2n) is 5.58. The highest BCUT2D eigenvalue weighted by molar-refractivity contribution is 5.92. The van der Waals surface area contributed by atoms with E-state index in [1.165, 1.54) is 5.56 Å². The number of rotatable bonds is 7. The van der Waals surface area contributed by atoms with Gasteiger partial charge in [-0.05, 0) is 43.7 Å². The molecule has 0 spiro atoms. The summed E-state index contributed by atoms with van der Waals surface area (Å²) in [4.78, 5) is 15.8. The van der Waals surface area contributed by atoms with Crippen LogP contribution in [-0.2, 0) is 11.3 Å². The molecule has 1 amide bonds. The van der Waals surface area contributed by atoms with Gasteiger partial charge in [-0.2, -0.15) is 0 Å². The molecule has 0 bridgehead atoms. The maximum atomic E-state index is 11.4. The Hall–Kier alpha value is -3.02. The summed E-state index contributed by atoms with van der Waals surface area (Å²) >= 11 is 0. The maximum absolute atomic E-state index is 11.4. The number of benzene rings is 2. The van der Waals surface area contributed by atoms with Gasteiger partial charge in [0.25, 0.3) is 5.91 Å². The van der Waals surface area contributed by atoms with Crippen LogP contribution in [0.5, 0.6) is 5.75 Å². The summed E-state index contributed by atoms with van der Waals surface area (Å²) in [5.41, 5.74) is 8.94. The first kappa shape index (κ1) is 18.3. The van der Waals surface area contributed by atoms with Gasteiger partial charge in [-0.3, -0.25) is 4.79 Å². The van der Waals surface area contributed by atoms with Crippen molar-refractivity contribution in [2.45, 2.75) is 20.4 Å². The third kappa shape index (κ3) is 6.55. The number of hydrogen-bond acceptors (Lipinski definition) is 3. The van der Waals surface area contributed by atoms with Gasteiger partial charge in [0, 0.05) is 12.2 Å². The topological polar surface area (TPSA) is 88.7 Å². The lowest BCUT2D eigenvalue weighted by atomic mass is 10.2. The third-order valence-electron chi connectivity index (χ3n) is 3.40. The fourth-order valence-electron chi connectivity index (χ4n) is 2.13. The number of anilines is 1. The lowest BCUT2D eigenvalue weighted by Gasteiger charge is -2.08. The van der Waals surface area contributed by atoms with Gasteiger partial charge >= 0.3 is 0 Å². The van der Waals surface area contributed by atoms with Crippen LogP contribution in [0.2, 0.25) is 0 Å². The van der Waals surface area contributed by atoms with Gasteiger partial charge in [0.2, 0.25) is 0 Å². The summed E-state index contributed by atoms with van der Waals surface area (Å²) in [7, 11) is 0. The first-order valence-electron chi connectivity index (χ1n) is 8.19. The summed E-state index contributed by atoms with van der Waals surface area (Å²) in [6, 6.07) is 15.4. The highest BCUT2D eigenvalue weighted by Gasteiger charge is 2.02. The number of carbonyl (C=O) groups excluding carboxylic acids is 1. The van der Waals surface area contributed by atoms with Crippen molar-refractivity contribution >= 4 is 17.6 Å². The molecule has 0 aliphatic carbocycles. The van der Waals surface area contributed by atoms with E-state index >= 15 is 0 Å². The van der Waals surface area contributed by atoms with Gasteiger partial charge in [0.05, 0.1) is 6.54 Å². The van der Waals surface area contributed by atoms with Crippen molar-refractivity contribution in [2.24, 2.45) is 10.7 Å². The predicted molar refractivity (Wildman–Crippen MR) is 101 cm³/mol. The molecule has 0 aromatic heterocycles. The zero-order valence-electron chi connectivity index (χ0n) is 14.6. The second kappa shape index (κ2) is 9.32. The van der Waals surface area contributed by atoms with Crippen LogP contribution >= 0.6 is 0 Å². The largest absolute Gasteiger partial charge is 0.484 e.